The Hall–Kier alpha value is -1.83. The maximum atomic E-state index is 11.9. The van der Waals surface area contributed by atoms with Crippen molar-refractivity contribution in [3.05, 3.63) is 22.1 Å². The van der Waals surface area contributed by atoms with Crippen LogP contribution < -0.4 is 5.56 Å². The summed E-state index contributed by atoms with van der Waals surface area (Å²) in [6, 6.07) is 1.28. The zero-order valence-electron chi connectivity index (χ0n) is 13.8. The first-order chi connectivity index (χ1) is 11.0. The first kappa shape index (κ1) is 19.2. The number of rotatable bonds is 9. The number of thioether (sulfide) groups is 1. The summed E-state index contributed by atoms with van der Waals surface area (Å²) in [5.74, 6) is 0.359. The van der Waals surface area contributed by atoms with Gasteiger partial charge in [0.2, 0.25) is 5.91 Å². The lowest BCUT2D eigenvalue weighted by Gasteiger charge is -2.18. The summed E-state index contributed by atoms with van der Waals surface area (Å²) in [5, 5.41) is 0.451. The van der Waals surface area contributed by atoms with E-state index in [1.807, 2.05) is 13.8 Å². The second kappa shape index (κ2) is 10.0. The van der Waals surface area contributed by atoms with E-state index < -0.39 is 5.97 Å². The molecule has 23 heavy (non-hydrogen) atoms. The van der Waals surface area contributed by atoms with Gasteiger partial charge in [-0.25, -0.2) is 4.98 Å². The maximum absolute atomic E-state index is 11.9. The molecule has 0 aromatic carbocycles. The van der Waals surface area contributed by atoms with Gasteiger partial charge in [0.15, 0.2) is 5.16 Å². The molecule has 0 saturated heterocycles. The highest BCUT2D eigenvalue weighted by molar-refractivity contribution is 7.99. The fourth-order valence-electron chi connectivity index (χ4n) is 1.99. The summed E-state index contributed by atoms with van der Waals surface area (Å²) in [7, 11) is 1.29. The Balaban J connectivity index is 2.50. The number of nitrogens with zero attached hydrogens (tertiary/aromatic N) is 2. The number of carbonyl (C=O) groups is 2. The molecule has 0 bridgehead atoms. The van der Waals surface area contributed by atoms with Crippen molar-refractivity contribution in [3.63, 3.8) is 0 Å². The Bertz CT molecular complexity index is 584. The van der Waals surface area contributed by atoms with E-state index in [1.165, 1.54) is 24.9 Å². The van der Waals surface area contributed by atoms with E-state index in [0.29, 0.717) is 42.5 Å². The molecule has 0 radical (unpaired) electrons. The van der Waals surface area contributed by atoms with Crippen LogP contribution in [0.4, 0.5) is 0 Å². The summed E-state index contributed by atoms with van der Waals surface area (Å²) in [4.78, 5) is 43.3. The van der Waals surface area contributed by atoms with Gasteiger partial charge in [0.25, 0.3) is 5.56 Å². The van der Waals surface area contributed by atoms with E-state index in [9.17, 15) is 14.4 Å². The molecule has 128 valence electrons. The molecule has 8 heteroatoms. The van der Waals surface area contributed by atoms with Gasteiger partial charge in [0.1, 0.15) is 0 Å². The Morgan fingerprint density at radius 2 is 2.04 bits per heavy atom. The van der Waals surface area contributed by atoms with Crippen LogP contribution in [0.2, 0.25) is 0 Å². The summed E-state index contributed by atoms with van der Waals surface area (Å²) < 4.78 is 4.56. The first-order valence-electron chi connectivity index (χ1n) is 7.57. The molecule has 1 rings (SSSR count). The van der Waals surface area contributed by atoms with Crippen LogP contribution in [0.3, 0.4) is 0 Å². The van der Waals surface area contributed by atoms with Crippen LogP contribution in [0.5, 0.6) is 0 Å². The van der Waals surface area contributed by atoms with Gasteiger partial charge in [0, 0.05) is 31.3 Å². The van der Waals surface area contributed by atoms with Gasteiger partial charge in [-0.3, -0.25) is 14.4 Å². The van der Waals surface area contributed by atoms with Crippen molar-refractivity contribution in [2.45, 2.75) is 38.3 Å². The Kier molecular flexibility index (Phi) is 8.39. The molecule has 1 aromatic rings. The van der Waals surface area contributed by atoms with Crippen LogP contribution in [-0.4, -0.2) is 52.7 Å². The summed E-state index contributed by atoms with van der Waals surface area (Å²) in [6.45, 7) is 5.34. The van der Waals surface area contributed by atoms with Crippen LogP contribution in [0, 0.1) is 0 Å². The highest BCUT2D eigenvalue weighted by Gasteiger charge is 2.10. The number of esters is 1. The number of amides is 1. The lowest BCUT2D eigenvalue weighted by molar-refractivity contribution is -0.139. The van der Waals surface area contributed by atoms with E-state index >= 15 is 0 Å². The molecule has 0 atom stereocenters. The fraction of sp³-hybridized carbons (Fsp3) is 0.600. The van der Waals surface area contributed by atoms with Gasteiger partial charge < -0.3 is 14.6 Å². The second-order valence-corrected chi connectivity index (χ2v) is 5.90. The standard InChI is InChI=1S/C15H23N3O4S/c1-4-18(5-2)13(20)7-6-8-23-15-16-11(9-12(19)17-15)10-14(21)22-3/h9H,4-8,10H2,1-3H3,(H,16,17,19). The van der Waals surface area contributed by atoms with Crippen molar-refractivity contribution >= 4 is 23.6 Å². The van der Waals surface area contributed by atoms with Gasteiger partial charge in [-0.15, -0.1) is 0 Å². The van der Waals surface area contributed by atoms with Crippen molar-refractivity contribution in [3.8, 4) is 0 Å². The molecule has 0 unspecified atom stereocenters. The summed E-state index contributed by atoms with van der Waals surface area (Å²) >= 11 is 1.36. The molecule has 1 amide bonds. The van der Waals surface area contributed by atoms with Crippen LogP contribution in [0.25, 0.3) is 0 Å². The highest BCUT2D eigenvalue weighted by atomic mass is 32.2. The molecule has 1 aromatic heterocycles. The normalized spacial score (nSPS) is 10.4. The monoisotopic (exact) mass is 341 g/mol. The largest absolute Gasteiger partial charge is 0.469 e. The molecule has 0 aliphatic heterocycles. The third-order valence-electron chi connectivity index (χ3n) is 3.22. The molecular weight excluding hydrogens is 318 g/mol. The Labute approximate surface area is 139 Å². The number of methoxy groups -OCH3 is 1. The number of ether oxygens (including phenoxy) is 1. The molecule has 1 N–H and O–H groups in total. The van der Waals surface area contributed by atoms with Gasteiger partial charge in [-0.1, -0.05) is 11.8 Å². The van der Waals surface area contributed by atoms with Crippen LogP contribution in [0.15, 0.2) is 16.0 Å². The van der Waals surface area contributed by atoms with Crippen LogP contribution >= 0.6 is 11.8 Å². The van der Waals surface area contributed by atoms with Crippen LogP contribution in [0.1, 0.15) is 32.4 Å². The summed E-state index contributed by atoms with van der Waals surface area (Å²) in [5.41, 5.74) is 0.0722. The molecule has 0 aliphatic rings. The zero-order chi connectivity index (χ0) is 17.2. The van der Waals surface area contributed by atoms with Gasteiger partial charge in [0.05, 0.1) is 19.2 Å². The van der Waals surface area contributed by atoms with Crippen molar-refractivity contribution in [1.82, 2.24) is 14.9 Å². The topological polar surface area (TPSA) is 92.4 Å². The lowest BCUT2D eigenvalue weighted by Crippen LogP contribution is -2.30. The molecule has 0 fully saturated rings. The number of aromatic nitrogens is 2. The summed E-state index contributed by atoms with van der Waals surface area (Å²) in [6.07, 6.45) is 1.14. The smallest absolute Gasteiger partial charge is 0.311 e. The maximum Gasteiger partial charge on any atom is 0.311 e. The van der Waals surface area contributed by atoms with Crippen LogP contribution in [-0.2, 0) is 20.7 Å². The minimum absolute atomic E-state index is 0.0333. The fourth-order valence-corrected chi connectivity index (χ4v) is 2.83. The van der Waals surface area contributed by atoms with Crippen molar-refractivity contribution in [1.29, 1.82) is 0 Å². The average molecular weight is 341 g/mol. The van der Waals surface area contributed by atoms with E-state index in [0.717, 1.165) is 0 Å². The second-order valence-electron chi connectivity index (χ2n) is 4.81. The average Bonchev–Trinajstić information content (AvgIpc) is 2.52. The number of H-pyrrole nitrogens is 1. The molecule has 1 heterocycles. The minimum Gasteiger partial charge on any atom is -0.469 e. The van der Waals surface area contributed by atoms with Gasteiger partial charge in [-0.05, 0) is 20.3 Å². The van der Waals surface area contributed by atoms with Gasteiger partial charge >= 0.3 is 5.97 Å². The van der Waals surface area contributed by atoms with E-state index in [2.05, 4.69) is 14.7 Å². The number of carbonyl (C=O) groups excluding carboxylic acids is 2. The Morgan fingerprint density at radius 1 is 1.35 bits per heavy atom. The number of hydrogen-bond donors (Lipinski definition) is 1. The lowest BCUT2D eigenvalue weighted by atomic mass is 10.3. The third-order valence-corrected chi connectivity index (χ3v) is 4.18. The van der Waals surface area contributed by atoms with Crippen molar-refractivity contribution in [2.24, 2.45) is 0 Å². The quantitative estimate of drug-likeness (QED) is 0.314. The van der Waals surface area contributed by atoms with Gasteiger partial charge in [-0.2, -0.15) is 0 Å². The predicted octanol–water partition coefficient (Wildman–Crippen LogP) is 1.23. The highest BCUT2D eigenvalue weighted by Crippen LogP contribution is 2.14. The van der Waals surface area contributed by atoms with E-state index in [4.69, 9.17) is 0 Å². The van der Waals surface area contributed by atoms with Crippen molar-refractivity contribution in [2.75, 3.05) is 26.0 Å². The molecular formula is C15H23N3O4S. The molecule has 0 saturated carbocycles. The third kappa shape index (κ3) is 6.85. The van der Waals surface area contributed by atoms with Crippen molar-refractivity contribution < 1.29 is 14.3 Å². The number of aromatic amines is 1. The molecule has 7 nitrogen and oxygen atoms in total. The zero-order valence-corrected chi connectivity index (χ0v) is 14.6. The SMILES string of the molecule is CCN(CC)C(=O)CCCSc1nc(CC(=O)OC)cc(=O)[nH]1. The molecule has 0 aliphatic carbocycles. The molecule has 0 spiro atoms. The van der Waals surface area contributed by atoms with E-state index in [1.54, 1.807) is 4.90 Å². The Morgan fingerprint density at radius 3 is 2.65 bits per heavy atom. The minimum atomic E-state index is -0.441. The number of hydrogen-bond acceptors (Lipinski definition) is 6. The predicted molar refractivity (Wildman–Crippen MR) is 88.5 cm³/mol. The van der Waals surface area contributed by atoms with E-state index in [-0.39, 0.29) is 17.9 Å². The number of nitrogens with one attached hydrogen (secondary N) is 1. The first-order valence-corrected chi connectivity index (χ1v) is 8.56.